The van der Waals surface area contributed by atoms with Gasteiger partial charge in [-0.3, -0.25) is 9.59 Å². The molecule has 0 saturated carbocycles. The zero-order valence-corrected chi connectivity index (χ0v) is 16.9. The molecule has 0 heterocycles. The van der Waals surface area contributed by atoms with Crippen LogP contribution >= 0.6 is 0 Å². The van der Waals surface area contributed by atoms with Crippen LogP contribution in [0.1, 0.15) is 22.7 Å². The first kappa shape index (κ1) is 21.1. The minimum absolute atomic E-state index is 0.101. The fourth-order valence-electron chi connectivity index (χ4n) is 3.13. The highest BCUT2D eigenvalue weighted by atomic mass is 16.5. The smallest absolute Gasteiger partial charge is 0.310 e. The highest BCUT2D eigenvalue weighted by Crippen LogP contribution is 2.18. The Morgan fingerprint density at radius 1 is 0.833 bits per heavy atom. The molecule has 30 heavy (non-hydrogen) atoms. The van der Waals surface area contributed by atoms with Gasteiger partial charge in [0.05, 0.1) is 19.6 Å². The van der Waals surface area contributed by atoms with Crippen LogP contribution in [-0.4, -0.2) is 25.6 Å². The number of methoxy groups -OCH3 is 1. The van der Waals surface area contributed by atoms with Gasteiger partial charge in [0.15, 0.2) is 6.61 Å². The number of rotatable bonds is 9. The molecule has 0 aromatic heterocycles. The van der Waals surface area contributed by atoms with Crippen LogP contribution in [0.25, 0.3) is 0 Å². The van der Waals surface area contributed by atoms with Gasteiger partial charge < -0.3 is 14.8 Å². The van der Waals surface area contributed by atoms with E-state index in [1.54, 1.807) is 31.4 Å². The molecule has 0 saturated heterocycles. The maximum absolute atomic E-state index is 12.5. The van der Waals surface area contributed by atoms with E-state index in [-0.39, 0.29) is 25.0 Å². The van der Waals surface area contributed by atoms with Crippen molar-refractivity contribution >= 4 is 11.9 Å². The van der Waals surface area contributed by atoms with E-state index in [9.17, 15) is 9.59 Å². The third-order valence-electron chi connectivity index (χ3n) is 4.69. The summed E-state index contributed by atoms with van der Waals surface area (Å²) in [5.41, 5.74) is 2.91. The minimum Gasteiger partial charge on any atom is -0.497 e. The molecule has 5 nitrogen and oxygen atoms in total. The van der Waals surface area contributed by atoms with Crippen LogP contribution < -0.4 is 10.1 Å². The second-order valence-corrected chi connectivity index (χ2v) is 6.91. The van der Waals surface area contributed by atoms with Crippen LogP contribution in [0.4, 0.5) is 0 Å². The van der Waals surface area contributed by atoms with Crippen LogP contribution in [0, 0.1) is 0 Å². The number of benzene rings is 3. The molecule has 3 rings (SSSR count). The SMILES string of the molecule is COc1ccc(CC(=O)OCC(=O)NC(Cc2ccccc2)c2ccccc2)cc1. The molecule has 1 atom stereocenters. The predicted octanol–water partition coefficient (Wildman–Crippen LogP) is 3.88. The van der Waals surface area contributed by atoms with Crippen molar-refractivity contribution in [3.8, 4) is 5.75 Å². The molecule has 1 N–H and O–H groups in total. The van der Waals surface area contributed by atoms with E-state index in [1.807, 2.05) is 60.7 Å². The van der Waals surface area contributed by atoms with Crippen LogP contribution in [0.3, 0.4) is 0 Å². The van der Waals surface area contributed by atoms with Crippen LogP contribution in [0.2, 0.25) is 0 Å². The molecular weight excluding hydrogens is 378 g/mol. The van der Waals surface area contributed by atoms with Crippen molar-refractivity contribution in [2.45, 2.75) is 18.9 Å². The standard InChI is InChI=1S/C25H25NO4/c1-29-22-14-12-20(13-15-22)17-25(28)30-18-24(27)26-23(21-10-6-3-7-11-21)16-19-8-4-2-5-9-19/h2-15,23H,16-18H2,1H3,(H,26,27). The van der Waals surface area contributed by atoms with E-state index in [4.69, 9.17) is 9.47 Å². The lowest BCUT2D eigenvalue weighted by Gasteiger charge is -2.19. The van der Waals surface area contributed by atoms with Gasteiger partial charge in [0.1, 0.15) is 5.75 Å². The molecule has 0 bridgehead atoms. The second kappa shape index (κ2) is 10.8. The number of nitrogens with one attached hydrogen (secondary N) is 1. The van der Waals surface area contributed by atoms with Gasteiger partial charge in [-0.25, -0.2) is 0 Å². The minimum atomic E-state index is -0.449. The predicted molar refractivity (Wildman–Crippen MR) is 115 cm³/mol. The number of hydrogen-bond acceptors (Lipinski definition) is 4. The van der Waals surface area contributed by atoms with E-state index in [0.717, 1.165) is 22.4 Å². The Morgan fingerprint density at radius 2 is 1.47 bits per heavy atom. The van der Waals surface area contributed by atoms with E-state index in [0.29, 0.717) is 6.42 Å². The van der Waals surface area contributed by atoms with Gasteiger partial charge in [-0.2, -0.15) is 0 Å². The third-order valence-corrected chi connectivity index (χ3v) is 4.69. The average molecular weight is 403 g/mol. The van der Waals surface area contributed by atoms with E-state index in [1.165, 1.54) is 0 Å². The Morgan fingerprint density at radius 3 is 2.10 bits per heavy atom. The summed E-state index contributed by atoms with van der Waals surface area (Å²) in [4.78, 5) is 24.5. The lowest BCUT2D eigenvalue weighted by molar-refractivity contribution is -0.148. The molecule has 0 spiro atoms. The van der Waals surface area contributed by atoms with Gasteiger partial charge in [0.2, 0.25) is 0 Å². The quantitative estimate of drug-likeness (QED) is 0.551. The van der Waals surface area contributed by atoms with E-state index >= 15 is 0 Å². The first-order valence-electron chi connectivity index (χ1n) is 9.81. The number of carbonyl (C=O) groups is 2. The largest absolute Gasteiger partial charge is 0.497 e. The molecule has 0 aliphatic carbocycles. The summed E-state index contributed by atoms with van der Waals surface area (Å²) in [6, 6.07) is 26.7. The van der Waals surface area contributed by atoms with Crippen LogP contribution in [0.5, 0.6) is 5.75 Å². The van der Waals surface area contributed by atoms with Crippen molar-refractivity contribution in [2.24, 2.45) is 0 Å². The van der Waals surface area contributed by atoms with Gasteiger partial charge in [-0.1, -0.05) is 72.8 Å². The lowest BCUT2D eigenvalue weighted by atomic mass is 9.99. The van der Waals surface area contributed by atoms with Crippen molar-refractivity contribution < 1.29 is 19.1 Å². The Hall–Kier alpha value is -3.60. The molecule has 3 aromatic rings. The molecule has 1 amide bonds. The normalized spacial score (nSPS) is 11.4. The van der Waals surface area contributed by atoms with Gasteiger partial charge in [0, 0.05) is 0 Å². The Kier molecular flexibility index (Phi) is 7.61. The summed E-state index contributed by atoms with van der Waals surface area (Å²) in [6.45, 7) is -0.312. The lowest BCUT2D eigenvalue weighted by Crippen LogP contribution is -2.33. The summed E-state index contributed by atoms with van der Waals surface area (Å²) < 4.78 is 10.3. The first-order chi connectivity index (χ1) is 14.6. The Bertz CT molecular complexity index is 940. The van der Waals surface area contributed by atoms with E-state index in [2.05, 4.69) is 5.32 Å². The second-order valence-electron chi connectivity index (χ2n) is 6.91. The van der Waals surface area contributed by atoms with E-state index < -0.39 is 5.97 Å². The molecule has 0 radical (unpaired) electrons. The number of ether oxygens (including phenoxy) is 2. The van der Waals surface area contributed by atoms with Crippen LogP contribution in [0.15, 0.2) is 84.9 Å². The van der Waals surface area contributed by atoms with Gasteiger partial charge >= 0.3 is 5.97 Å². The highest BCUT2D eigenvalue weighted by Gasteiger charge is 2.16. The van der Waals surface area contributed by atoms with Crippen molar-refractivity contribution in [1.29, 1.82) is 0 Å². The molecule has 1 unspecified atom stereocenters. The summed E-state index contributed by atoms with van der Waals surface area (Å²) >= 11 is 0. The van der Waals surface area contributed by atoms with Crippen molar-refractivity contribution in [3.05, 3.63) is 102 Å². The highest BCUT2D eigenvalue weighted by molar-refractivity contribution is 5.81. The number of hydrogen-bond donors (Lipinski definition) is 1. The van der Waals surface area contributed by atoms with Crippen LogP contribution in [-0.2, 0) is 27.2 Å². The number of amides is 1. The maximum atomic E-state index is 12.5. The zero-order valence-electron chi connectivity index (χ0n) is 16.9. The monoisotopic (exact) mass is 403 g/mol. The van der Waals surface area contributed by atoms with Crippen molar-refractivity contribution in [2.75, 3.05) is 13.7 Å². The molecule has 5 heteroatoms. The van der Waals surface area contributed by atoms with Gasteiger partial charge in [-0.15, -0.1) is 0 Å². The van der Waals surface area contributed by atoms with Crippen molar-refractivity contribution in [1.82, 2.24) is 5.32 Å². The zero-order chi connectivity index (χ0) is 21.2. The molecule has 3 aromatic carbocycles. The topological polar surface area (TPSA) is 64.6 Å². The number of esters is 1. The molecule has 0 aliphatic rings. The Balaban J connectivity index is 1.55. The van der Waals surface area contributed by atoms with Gasteiger partial charge in [0.25, 0.3) is 5.91 Å². The molecule has 0 fully saturated rings. The fraction of sp³-hybridized carbons (Fsp3) is 0.200. The summed E-state index contributed by atoms with van der Waals surface area (Å²) in [7, 11) is 1.59. The summed E-state index contributed by atoms with van der Waals surface area (Å²) in [6.07, 6.45) is 0.750. The molecular formula is C25H25NO4. The fourth-order valence-corrected chi connectivity index (χ4v) is 3.13. The van der Waals surface area contributed by atoms with Gasteiger partial charge in [-0.05, 0) is 35.2 Å². The first-order valence-corrected chi connectivity index (χ1v) is 9.81. The Labute approximate surface area is 176 Å². The average Bonchev–Trinajstić information content (AvgIpc) is 2.79. The molecule has 0 aliphatic heterocycles. The van der Waals surface area contributed by atoms with Crippen molar-refractivity contribution in [3.63, 3.8) is 0 Å². The maximum Gasteiger partial charge on any atom is 0.310 e. The third kappa shape index (κ3) is 6.48. The number of carbonyl (C=O) groups excluding carboxylic acids is 2. The molecule has 154 valence electrons. The summed E-state index contributed by atoms with van der Waals surface area (Å²) in [5.74, 6) is -0.0608. The summed E-state index contributed by atoms with van der Waals surface area (Å²) in [5, 5.41) is 2.98.